The molecule has 0 heterocycles. The maximum Gasteiger partial charge on any atom is 0.331 e. The van der Waals surface area contributed by atoms with Crippen LogP contribution in [0.1, 0.15) is 19.4 Å². The van der Waals surface area contributed by atoms with Crippen molar-refractivity contribution in [1.29, 1.82) is 0 Å². The summed E-state index contributed by atoms with van der Waals surface area (Å²) in [5, 5.41) is 13.4. The molecule has 0 unspecified atom stereocenters. The minimum absolute atomic E-state index is 0.117. The third-order valence-electron chi connectivity index (χ3n) is 3.92. The number of amides is 1. The first-order valence-corrected chi connectivity index (χ1v) is 9.09. The fourth-order valence-electron chi connectivity index (χ4n) is 2.40. The molecular weight excluding hydrogens is 392 g/mol. The molecule has 0 saturated heterocycles. The molecule has 0 aliphatic rings. The minimum atomic E-state index is -1.10. The van der Waals surface area contributed by atoms with Crippen molar-refractivity contribution in [2.45, 2.75) is 20.0 Å². The summed E-state index contributed by atoms with van der Waals surface area (Å²) in [6, 6.07) is 10.9. The monoisotopic (exact) mass is 414 g/mol. The Kier molecular flexibility index (Phi) is 7.92. The van der Waals surface area contributed by atoms with Crippen LogP contribution in [0.4, 0.5) is 11.4 Å². The van der Waals surface area contributed by atoms with E-state index in [1.807, 2.05) is 6.92 Å². The largest absolute Gasteiger partial charge is 0.494 e. The van der Waals surface area contributed by atoms with Gasteiger partial charge in [0.1, 0.15) is 11.5 Å². The number of nitrogens with one attached hydrogen (secondary N) is 1. The molecule has 158 valence electrons. The van der Waals surface area contributed by atoms with Crippen LogP contribution in [0, 0.1) is 10.1 Å². The molecule has 9 nitrogen and oxygen atoms in total. The number of benzene rings is 2. The number of rotatable bonds is 9. The molecule has 2 aromatic carbocycles. The van der Waals surface area contributed by atoms with Gasteiger partial charge in [-0.15, -0.1) is 0 Å². The third kappa shape index (κ3) is 6.33. The van der Waals surface area contributed by atoms with Crippen molar-refractivity contribution in [1.82, 2.24) is 0 Å². The lowest BCUT2D eigenvalue weighted by atomic mass is 10.2. The van der Waals surface area contributed by atoms with Crippen LogP contribution < -0.4 is 14.8 Å². The number of hydrogen-bond donors (Lipinski definition) is 1. The Balaban J connectivity index is 1.95. The molecule has 0 spiro atoms. The number of ether oxygens (including phenoxy) is 3. The zero-order valence-electron chi connectivity index (χ0n) is 16.8. The van der Waals surface area contributed by atoms with E-state index < -0.39 is 22.9 Å². The van der Waals surface area contributed by atoms with Gasteiger partial charge in [0.05, 0.1) is 30.4 Å². The molecular formula is C21H22N2O7. The molecule has 1 atom stereocenters. The lowest BCUT2D eigenvalue weighted by molar-refractivity contribution is -0.384. The summed E-state index contributed by atoms with van der Waals surface area (Å²) in [5.41, 5.74) is 0.813. The summed E-state index contributed by atoms with van der Waals surface area (Å²) in [6.45, 7) is 3.86. The molecule has 0 fully saturated rings. The standard InChI is InChI=1S/C21H22N2O7/c1-4-29-17-9-5-15(6-10-17)7-12-20(24)30-14(2)21(25)22-18-11-8-16(23(26)27)13-19(18)28-3/h5-14H,4H2,1-3H3,(H,22,25)/b12-7+/t14-/m0/s1. The van der Waals surface area contributed by atoms with Crippen LogP contribution in [0.15, 0.2) is 48.5 Å². The number of esters is 1. The molecule has 1 N–H and O–H groups in total. The van der Waals surface area contributed by atoms with Crippen molar-refractivity contribution in [3.63, 3.8) is 0 Å². The highest BCUT2D eigenvalue weighted by Crippen LogP contribution is 2.29. The number of nitro groups is 1. The molecule has 0 aromatic heterocycles. The zero-order valence-corrected chi connectivity index (χ0v) is 16.8. The smallest absolute Gasteiger partial charge is 0.331 e. The van der Waals surface area contributed by atoms with Gasteiger partial charge in [-0.2, -0.15) is 0 Å². The van der Waals surface area contributed by atoms with Gasteiger partial charge < -0.3 is 19.5 Å². The molecule has 0 aliphatic carbocycles. The Morgan fingerprint density at radius 1 is 1.20 bits per heavy atom. The SMILES string of the molecule is CCOc1ccc(/C=C/C(=O)O[C@@H](C)C(=O)Nc2ccc([N+](=O)[O-])cc2OC)cc1. The van der Waals surface area contributed by atoms with Gasteiger partial charge in [0.25, 0.3) is 11.6 Å². The summed E-state index contributed by atoms with van der Waals surface area (Å²) in [6.07, 6.45) is 1.68. The van der Waals surface area contributed by atoms with Gasteiger partial charge in [0, 0.05) is 12.1 Å². The van der Waals surface area contributed by atoms with Crippen molar-refractivity contribution in [3.05, 3.63) is 64.2 Å². The Bertz CT molecular complexity index is 939. The van der Waals surface area contributed by atoms with Crippen LogP contribution in [0.5, 0.6) is 11.5 Å². The average molecular weight is 414 g/mol. The van der Waals surface area contributed by atoms with E-state index in [9.17, 15) is 19.7 Å². The number of anilines is 1. The van der Waals surface area contributed by atoms with E-state index in [1.165, 1.54) is 38.3 Å². The highest BCUT2D eigenvalue weighted by molar-refractivity contribution is 5.97. The summed E-state index contributed by atoms with van der Waals surface area (Å²) >= 11 is 0. The Morgan fingerprint density at radius 3 is 2.50 bits per heavy atom. The van der Waals surface area contributed by atoms with Crippen molar-refractivity contribution < 1.29 is 28.7 Å². The normalized spacial score (nSPS) is 11.6. The van der Waals surface area contributed by atoms with Gasteiger partial charge in [0.2, 0.25) is 0 Å². The van der Waals surface area contributed by atoms with E-state index in [4.69, 9.17) is 14.2 Å². The number of non-ortho nitro benzene ring substituents is 1. The van der Waals surface area contributed by atoms with Crippen molar-refractivity contribution >= 4 is 29.3 Å². The Labute approximate surface area is 173 Å². The third-order valence-corrected chi connectivity index (χ3v) is 3.92. The predicted molar refractivity (Wildman–Crippen MR) is 110 cm³/mol. The van der Waals surface area contributed by atoms with Gasteiger partial charge in [-0.3, -0.25) is 14.9 Å². The summed E-state index contributed by atoms with van der Waals surface area (Å²) in [5.74, 6) is -0.456. The molecule has 30 heavy (non-hydrogen) atoms. The van der Waals surface area contributed by atoms with Crippen molar-refractivity contribution in [3.8, 4) is 11.5 Å². The second-order valence-electron chi connectivity index (χ2n) is 6.05. The highest BCUT2D eigenvalue weighted by Gasteiger charge is 2.19. The second kappa shape index (κ2) is 10.6. The van der Waals surface area contributed by atoms with Crippen LogP contribution in [-0.2, 0) is 14.3 Å². The number of carbonyl (C=O) groups excluding carboxylic acids is 2. The van der Waals surface area contributed by atoms with Crippen molar-refractivity contribution in [2.75, 3.05) is 19.0 Å². The number of methoxy groups -OCH3 is 1. The van der Waals surface area contributed by atoms with E-state index in [2.05, 4.69) is 5.32 Å². The predicted octanol–water partition coefficient (Wildman–Crippen LogP) is 3.59. The minimum Gasteiger partial charge on any atom is -0.494 e. The van der Waals surface area contributed by atoms with Crippen LogP contribution in [0.25, 0.3) is 6.08 Å². The van der Waals surface area contributed by atoms with Gasteiger partial charge in [0.15, 0.2) is 6.10 Å². The first-order chi connectivity index (χ1) is 14.3. The number of nitro benzene ring substituents is 1. The molecule has 0 saturated carbocycles. The number of nitrogens with zero attached hydrogens (tertiary/aromatic N) is 1. The quantitative estimate of drug-likeness (QED) is 0.288. The van der Waals surface area contributed by atoms with E-state index in [0.29, 0.717) is 6.61 Å². The lowest BCUT2D eigenvalue weighted by Gasteiger charge is -2.14. The van der Waals surface area contributed by atoms with Gasteiger partial charge >= 0.3 is 5.97 Å². The molecule has 0 aliphatic heterocycles. The zero-order chi connectivity index (χ0) is 22.1. The first kappa shape index (κ1) is 22.4. The average Bonchev–Trinajstić information content (AvgIpc) is 2.73. The molecule has 0 bridgehead atoms. The number of carbonyl (C=O) groups is 2. The topological polar surface area (TPSA) is 117 Å². The maximum absolute atomic E-state index is 12.3. The molecule has 9 heteroatoms. The summed E-state index contributed by atoms with van der Waals surface area (Å²) < 4.78 is 15.5. The maximum atomic E-state index is 12.3. The van der Waals surface area contributed by atoms with Crippen LogP contribution in [0.2, 0.25) is 0 Å². The van der Waals surface area contributed by atoms with E-state index in [-0.39, 0.29) is 17.1 Å². The van der Waals surface area contributed by atoms with Gasteiger partial charge in [-0.25, -0.2) is 4.79 Å². The van der Waals surface area contributed by atoms with Gasteiger partial charge in [-0.05, 0) is 43.7 Å². The molecule has 0 radical (unpaired) electrons. The Morgan fingerprint density at radius 2 is 1.90 bits per heavy atom. The summed E-state index contributed by atoms with van der Waals surface area (Å²) in [4.78, 5) is 34.5. The number of hydrogen-bond acceptors (Lipinski definition) is 7. The van der Waals surface area contributed by atoms with Crippen LogP contribution in [0.3, 0.4) is 0 Å². The highest BCUT2D eigenvalue weighted by atomic mass is 16.6. The Hall–Kier alpha value is -3.88. The second-order valence-corrected chi connectivity index (χ2v) is 6.05. The summed E-state index contributed by atoms with van der Waals surface area (Å²) in [7, 11) is 1.32. The molecule has 2 aromatic rings. The molecule has 2 rings (SSSR count). The molecule has 1 amide bonds. The lowest BCUT2D eigenvalue weighted by Crippen LogP contribution is -2.29. The first-order valence-electron chi connectivity index (χ1n) is 9.09. The van der Waals surface area contributed by atoms with Crippen molar-refractivity contribution in [2.24, 2.45) is 0 Å². The fourth-order valence-corrected chi connectivity index (χ4v) is 2.40. The van der Waals surface area contributed by atoms with Crippen LogP contribution in [-0.4, -0.2) is 36.6 Å². The van der Waals surface area contributed by atoms with Crippen LogP contribution >= 0.6 is 0 Å². The van der Waals surface area contributed by atoms with E-state index >= 15 is 0 Å². The van der Waals surface area contributed by atoms with E-state index in [0.717, 1.165) is 11.3 Å². The van der Waals surface area contributed by atoms with E-state index in [1.54, 1.807) is 30.3 Å². The van der Waals surface area contributed by atoms with Gasteiger partial charge in [-0.1, -0.05) is 12.1 Å². The fraction of sp³-hybridized carbons (Fsp3) is 0.238.